The summed E-state index contributed by atoms with van der Waals surface area (Å²) in [4.78, 5) is 0. The molecule has 0 amide bonds. The van der Waals surface area contributed by atoms with Gasteiger partial charge in [-0.05, 0) is 40.9 Å². The molecule has 2 rings (SSSR count). The molecule has 68 valence electrons. The van der Waals surface area contributed by atoms with Gasteiger partial charge < -0.3 is 10.2 Å². The van der Waals surface area contributed by atoms with Gasteiger partial charge in [-0.2, -0.15) is 0 Å². The maximum absolute atomic E-state index is 9.28. The standard InChI is InChI=1S/C10H10O2S/c11-4-3-7-6-13-10-2-1-8(12)5-9(7)10/h1-2,5-6,11-12H,3-4H2. The molecule has 13 heavy (non-hydrogen) atoms. The Morgan fingerprint density at radius 1 is 1.31 bits per heavy atom. The van der Waals surface area contributed by atoms with Crippen molar-refractivity contribution in [2.75, 3.05) is 6.61 Å². The first-order valence-electron chi connectivity index (χ1n) is 4.11. The largest absolute Gasteiger partial charge is 0.508 e. The Morgan fingerprint density at radius 2 is 2.15 bits per heavy atom. The summed E-state index contributed by atoms with van der Waals surface area (Å²) >= 11 is 1.64. The van der Waals surface area contributed by atoms with Crippen molar-refractivity contribution in [3.63, 3.8) is 0 Å². The van der Waals surface area contributed by atoms with E-state index in [1.165, 1.54) is 0 Å². The highest BCUT2D eigenvalue weighted by Crippen LogP contribution is 2.29. The first-order valence-corrected chi connectivity index (χ1v) is 4.99. The summed E-state index contributed by atoms with van der Waals surface area (Å²) in [5.41, 5.74) is 1.11. The number of hydrogen-bond donors (Lipinski definition) is 2. The number of thiophene rings is 1. The first kappa shape index (κ1) is 8.53. The second-order valence-corrected chi connectivity index (χ2v) is 3.83. The molecule has 0 saturated heterocycles. The number of fused-ring (bicyclic) bond motifs is 1. The highest BCUT2D eigenvalue weighted by atomic mass is 32.1. The smallest absolute Gasteiger partial charge is 0.116 e. The van der Waals surface area contributed by atoms with Gasteiger partial charge in [0.1, 0.15) is 5.75 Å². The zero-order valence-electron chi connectivity index (χ0n) is 7.03. The van der Waals surface area contributed by atoms with Crippen LogP contribution in [0.2, 0.25) is 0 Å². The monoisotopic (exact) mass is 194 g/mol. The predicted octanol–water partition coefficient (Wildman–Crippen LogP) is 2.14. The lowest BCUT2D eigenvalue weighted by atomic mass is 10.1. The molecule has 0 spiro atoms. The van der Waals surface area contributed by atoms with Crippen LogP contribution in [0.15, 0.2) is 23.6 Å². The number of aliphatic hydroxyl groups excluding tert-OH is 1. The fourth-order valence-corrected chi connectivity index (χ4v) is 2.36. The fraction of sp³-hybridized carbons (Fsp3) is 0.200. The molecule has 0 atom stereocenters. The molecule has 0 unspecified atom stereocenters. The minimum Gasteiger partial charge on any atom is -0.508 e. The number of phenols is 1. The summed E-state index contributed by atoms with van der Waals surface area (Å²) in [7, 11) is 0. The van der Waals surface area contributed by atoms with Crippen LogP contribution in [0.5, 0.6) is 5.75 Å². The molecule has 2 nitrogen and oxygen atoms in total. The van der Waals surface area contributed by atoms with E-state index in [-0.39, 0.29) is 12.4 Å². The lowest BCUT2D eigenvalue weighted by Crippen LogP contribution is -1.87. The number of aromatic hydroxyl groups is 1. The molecule has 0 aliphatic heterocycles. The Labute approximate surface area is 80.1 Å². The molecule has 0 saturated carbocycles. The van der Waals surface area contributed by atoms with Crippen LogP contribution < -0.4 is 0 Å². The van der Waals surface area contributed by atoms with Crippen LogP contribution in [0, 0.1) is 0 Å². The average Bonchev–Trinajstić information content (AvgIpc) is 2.49. The van der Waals surface area contributed by atoms with Gasteiger partial charge in [0, 0.05) is 11.3 Å². The Morgan fingerprint density at radius 3 is 2.92 bits per heavy atom. The van der Waals surface area contributed by atoms with Crippen molar-refractivity contribution in [1.82, 2.24) is 0 Å². The Balaban J connectivity index is 2.58. The lowest BCUT2D eigenvalue weighted by molar-refractivity contribution is 0.300. The zero-order chi connectivity index (χ0) is 9.26. The van der Waals surface area contributed by atoms with Crippen molar-refractivity contribution >= 4 is 21.4 Å². The van der Waals surface area contributed by atoms with E-state index in [1.54, 1.807) is 23.5 Å². The van der Waals surface area contributed by atoms with Crippen molar-refractivity contribution in [3.05, 3.63) is 29.1 Å². The van der Waals surface area contributed by atoms with E-state index < -0.39 is 0 Å². The van der Waals surface area contributed by atoms with E-state index >= 15 is 0 Å². The lowest BCUT2D eigenvalue weighted by Gasteiger charge is -1.96. The summed E-state index contributed by atoms with van der Waals surface area (Å²) in [6.07, 6.45) is 0.656. The Bertz CT molecular complexity index is 420. The SMILES string of the molecule is OCCc1csc2ccc(O)cc12. The minimum atomic E-state index is 0.154. The molecule has 1 aromatic heterocycles. The van der Waals surface area contributed by atoms with Crippen molar-refractivity contribution in [2.45, 2.75) is 6.42 Å². The number of phenolic OH excluding ortho intramolecular Hbond substituents is 1. The molecule has 0 aliphatic carbocycles. The second-order valence-electron chi connectivity index (χ2n) is 2.92. The van der Waals surface area contributed by atoms with Gasteiger partial charge in [0.25, 0.3) is 0 Å². The zero-order valence-corrected chi connectivity index (χ0v) is 7.84. The number of aliphatic hydroxyl groups is 1. The highest BCUT2D eigenvalue weighted by molar-refractivity contribution is 7.17. The maximum atomic E-state index is 9.28. The molecule has 1 heterocycles. The van der Waals surface area contributed by atoms with Crippen LogP contribution in [0.3, 0.4) is 0 Å². The van der Waals surface area contributed by atoms with Gasteiger partial charge in [0.15, 0.2) is 0 Å². The van der Waals surface area contributed by atoms with E-state index in [1.807, 2.05) is 11.4 Å². The number of benzene rings is 1. The minimum absolute atomic E-state index is 0.154. The van der Waals surface area contributed by atoms with E-state index in [0.717, 1.165) is 15.6 Å². The molecule has 0 bridgehead atoms. The molecule has 3 heteroatoms. The van der Waals surface area contributed by atoms with Crippen LogP contribution >= 0.6 is 11.3 Å². The van der Waals surface area contributed by atoms with Crippen LogP contribution in [0.4, 0.5) is 0 Å². The van der Waals surface area contributed by atoms with Gasteiger partial charge >= 0.3 is 0 Å². The summed E-state index contributed by atoms with van der Waals surface area (Å²) in [5, 5.41) is 21.2. The van der Waals surface area contributed by atoms with Gasteiger partial charge in [0.2, 0.25) is 0 Å². The van der Waals surface area contributed by atoms with Crippen molar-refractivity contribution in [3.8, 4) is 5.75 Å². The third-order valence-electron chi connectivity index (χ3n) is 2.02. The molecule has 1 aromatic carbocycles. The molecule has 2 aromatic rings. The van der Waals surface area contributed by atoms with Crippen molar-refractivity contribution in [1.29, 1.82) is 0 Å². The highest BCUT2D eigenvalue weighted by Gasteiger charge is 2.03. The average molecular weight is 194 g/mol. The van der Waals surface area contributed by atoms with Gasteiger partial charge in [-0.3, -0.25) is 0 Å². The third kappa shape index (κ3) is 1.53. The summed E-state index contributed by atoms with van der Waals surface area (Å²) < 4.78 is 1.15. The normalized spacial score (nSPS) is 10.8. The van der Waals surface area contributed by atoms with Crippen LogP contribution in [-0.2, 0) is 6.42 Å². The van der Waals surface area contributed by atoms with E-state index in [2.05, 4.69) is 0 Å². The van der Waals surface area contributed by atoms with Gasteiger partial charge in [-0.1, -0.05) is 0 Å². The second kappa shape index (κ2) is 3.36. The molecular weight excluding hydrogens is 184 g/mol. The van der Waals surface area contributed by atoms with E-state index in [4.69, 9.17) is 5.11 Å². The third-order valence-corrected chi connectivity index (χ3v) is 3.03. The summed E-state index contributed by atoms with van der Waals surface area (Å²) in [6, 6.07) is 5.33. The summed E-state index contributed by atoms with van der Waals surface area (Å²) in [6.45, 7) is 0.154. The quantitative estimate of drug-likeness (QED) is 0.769. The van der Waals surface area contributed by atoms with Crippen LogP contribution in [-0.4, -0.2) is 16.8 Å². The molecular formula is C10H10O2S. The molecule has 2 N–H and O–H groups in total. The van der Waals surface area contributed by atoms with Crippen LogP contribution in [0.25, 0.3) is 10.1 Å². The predicted molar refractivity (Wildman–Crippen MR) is 54.3 cm³/mol. The molecule has 0 aliphatic rings. The van der Waals surface area contributed by atoms with Crippen molar-refractivity contribution in [2.24, 2.45) is 0 Å². The van der Waals surface area contributed by atoms with Crippen molar-refractivity contribution < 1.29 is 10.2 Å². The Hall–Kier alpha value is -1.06. The molecule has 0 fully saturated rings. The van der Waals surface area contributed by atoms with Gasteiger partial charge in [-0.15, -0.1) is 11.3 Å². The van der Waals surface area contributed by atoms with E-state index in [9.17, 15) is 5.11 Å². The number of rotatable bonds is 2. The number of hydrogen-bond acceptors (Lipinski definition) is 3. The van der Waals surface area contributed by atoms with Crippen LogP contribution in [0.1, 0.15) is 5.56 Å². The first-order chi connectivity index (χ1) is 6.31. The molecule has 0 radical (unpaired) electrons. The fourth-order valence-electron chi connectivity index (χ4n) is 1.38. The van der Waals surface area contributed by atoms with E-state index in [0.29, 0.717) is 6.42 Å². The topological polar surface area (TPSA) is 40.5 Å². The Kier molecular flexibility index (Phi) is 2.20. The summed E-state index contributed by atoms with van der Waals surface area (Å²) in [5.74, 6) is 0.282. The van der Waals surface area contributed by atoms with Gasteiger partial charge in [0.05, 0.1) is 0 Å². The maximum Gasteiger partial charge on any atom is 0.116 e. The van der Waals surface area contributed by atoms with Gasteiger partial charge in [-0.25, -0.2) is 0 Å².